The fraction of sp³-hybridized carbons (Fsp3) is 0.222. The van der Waals surface area contributed by atoms with Gasteiger partial charge >= 0.3 is 0 Å². The Balaban J connectivity index is 1.44. The Morgan fingerprint density at radius 3 is 2.58 bits per heavy atom. The maximum absolute atomic E-state index is 12.4. The number of rotatable bonds is 5. The lowest BCUT2D eigenvalue weighted by atomic mass is 10.0. The summed E-state index contributed by atoms with van der Waals surface area (Å²) < 4.78 is 0. The highest BCUT2D eigenvalue weighted by molar-refractivity contribution is 6.03. The largest absolute Gasteiger partial charge is 0.494 e. The second-order valence-electron chi connectivity index (χ2n) is 8.48. The summed E-state index contributed by atoms with van der Waals surface area (Å²) in [6, 6.07) is 17.6. The van der Waals surface area contributed by atoms with Crippen LogP contribution in [0.5, 0.6) is 5.88 Å². The Kier molecular flexibility index (Phi) is 6.00. The van der Waals surface area contributed by atoms with Gasteiger partial charge in [0.15, 0.2) is 0 Å². The zero-order chi connectivity index (χ0) is 22.6. The number of hydrogen-bond acceptors (Lipinski definition) is 5. The van der Waals surface area contributed by atoms with Crippen LogP contribution in [0.1, 0.15) is 30.4 Å². The molecule has 0 bridgehead atoms. The molecule has 5 rings (SSSR count). The molecule has 3 heterocycles. The Labute approximate surface area is 192 Å². The molecule has 1 saturated heterocycles. The minimum atomic E-state index is -0.334. The van der Waals surface area contributed by atoms with Crippen molar-refractivity contribution in [3.8, 4) is 17.0 Å². The lowest BCUT2D eigenvalue weighted by Crippen LogP contribution is -2.28. The van der Waals surface area contributed by atoms with Crippen LogP contribution in [-0.4, -0.2) is 39.3 Å². The quantitative estimate of drug-likeness (QED) is 0.428. The van der Waals surface area contributed by atoms with Crippen molar-refractivity contribution in [2.45, 2.75) is 25.8 Å². The van der Waals surface area contributed by atoms with E-state index in [9.17, 15) is 9.90 Å². The van der Waals surface area contributed by atoms with Crippen LogP contribution in [0.2, 0.25) is 0 Å². The first-order chi connectivity index (χ1) is 16.2. The SMILES string of the molecule is O=c1[nH]c(O)c(C=Nc2ccc(CN3CCCCC3)cc2)c2cc(-c3cccnc3)ccc12. The molecule has 1 aliphatic heterocycles. The summed E-state index contributed by atoms with van der Waals surface area (Å²) in [5.74, 6) is -0.193. The lowest BCUT2D eigenvalue weighted by molar-refractivity contribution is 0.221. The molecule has 0 unspecified atom stereocenters. The van der Waals surface area contributed by atoms with E-state index in [-0.39, 0.29) is 11.4 Å². The zero-order valence-corrected chi connectivity index (χ0v) is 18.4. The standard InChI is InChI=1S/C27H26N4O2/c32-26-23-11-8-20(21-5-4-12-28-16-21)15-24(23)25(27(33)30-26)17-29-22-9-6-19(7-10-22)18-31-13-2-1-3-14-31/h4-12,15-17H,1-3,13-14,18H2,(H2,30,32,33). The highest BCUT2D eigenvalue weighted by atomic mass is 16.3. The molecule has 0 amide bonds. The summed E-state index contributed by atoms with van der Waals surface area (Å²) >= 11 is 0. The number of nitrogens with one attached hydrogen (secondary N) is 1. The number of aromatic hydroxyl groups is 1. The summed E-state index contributed by atoms with van der Waals surface area (Å²) in [6.07, 6.45) is 8.99. The van der Waals surface area contributed by atoms with Crippen LogP contribution in [0.25, 0.3) is 21.9 Å². The number of hydrogen-bond donors (Lipinski definition) is 2. The van der Waals surface area contributed by atoms with Crippen LogP contribution in [0, 0.1) is 0 Å². The molecule has 6 heteroatoms. The molecule has 6 nitrogen and oxygen atoms in total. The first-order valence-electron chi connectivity index (χ1n) is 11.3. The summed E-state index contributed by atoms with van der Waals surface area (Å²) in [4.78, 5) is 26.2. The molecule has 1 aliphatic rings. The average Bonchev–Trinajstić information content (AvgIpc) is 2.86. The number of piperidine rings is 1. The summed E-state index contributed by atoms with van der Waals surface area (Å²) in [5, 5.41) is 11.6. The number of aromatic nitrogens is 2. The number of fused-ring (bicyclic) bond motifs is 1. The summed E-state index contributed by atoms with van der Waals surface area (Å²) in [5.41, 5.74) is 4.06. The molecular formula is C27H26N4O2. The Morgan fingerprint density at radius 2 is 1.82 bits per heavy atom. The number of nitrogens with zero attached hydrogens (tertiary/aromatic N) is 3. The van der Waals surface area contributed by atoms with E-state index in [1.807, 2.05) is 36.4 Å². The summed E-state index contributed by atoms with van der Waals surface area (Å²) in [7, 11) is 0. The van der Waals surface area contributed by atoms with Gasteiger partial charge in [-0.25, -0.2) is 0 Å². The molecular weight excluding hydrogens is 412 g/mol. The van der Waals surface area contributed by atoms with E-state index in [0.29, 0.717) is 16.3 Å². The predicted octanol–water partition coefficient (Wildman–Crippen LogP) is 5.03. The first kappa shape index (κ1) is 21.1. The molecule has 2 N–H and O–H groups in total. The monoisotopic (exact) mass is 438 g/mol. The highest BCUT2D eigenvalue weighted by Crippen LogP contribution is 2.27. The molecule has 1 fully saturated rings. The average molecular weight is 439 g/mol. The van der Waals surface area contributed by atoms with Crippen molar-refractivity contribution in [2.75, 3.05) is 13.1 Å². The van der Waals surface area contributed by atoms with Crippen molar-refractivity contribution in [1.29, 1.82) is 0 Å². The second kappa shape index (κ2) is 9.38. The smallest absolute Gasteiger partial charge is 0.258 e. The van der Waals surface area contributed by atoms with Crippen LogP contribution < -0.4 is 5.56 Å². The lowest BCUT2D eigenvalue weighted by Gasteiger charge is -2.26. The van der Waals surface area contributed by atoms with Crippen molar-refractivity contribution in [3.05, 3.63) is 88.5 Å². The molecule has 0 spiro atoms. The topological polar surface area (TPSA) is 81.6 Å². The number of aliphatic imine (C=N–C) groups is 1. The Morgan fingerprint density at radius 1 is 1.00 bits per heavy atom. The molecule has 4 aromatic rings. The van der Waals surface area contributed by atoms with Gasteiger partial charge in [0.2, 0.25) is 5.88 Å². The predicted molar refractivity (Wildman–Crippen MR) is 132 cm³/mol. The van der Waals surface area contributed by atoms with E-state index in [1.165, 1.54) is 37.9 Å². The number of pyridine rings is 2. The van der Waals surface area contributed by atoms with Crippen LogP contribution in [0.15, 0.2) is 76.8 Å². The third-order valence-electron chi connectivity index (χ3n) is 6.17. The van der Waals surface area contributed by atoms with Gasteiger partial charge in [0.1, 0.15) is 0 Å². The first-order valence-corrected chi connectivity index (χ1v) is 11.3. The van der Waals surface area contributed by atoms with E-state index in [1.54, 1.807) is 24.7 Å². The number of benzene rings is 2. The Bertz CT molecular complexity index is 1340. The fourth-order valence-corrected chi connectivity index (χ4v) is 4.38. The number of H-pyrrole nitrogens is 1. The maximum atomic E-state index is 12.4. The van der Waals surface area contributed by atoms with Gasteiger partial charge in [-0.15, -0.1) is 0 Å². The molecule has 33 heavy (non-hydrogen) atoms. The van der Waals surface area contributed by atoms with Crippen LogP contribution in [0.3, 0.4) is 0 Å². The molecule has 0 saturated carbocycles. The normalized spacial score (nSPS) is 14.8. The van der Waals surface area contributed by atoms with E-state index in [4.69, 9.17) is 0 Å². The van der Waals surface area contributed by atoms with E-state index in [0.717, 1.165) is 23.4 Å². The third kappa shape index (κ3) is 4.71. The second-order valence-corrected chi connectivity index (χ2v) is 8.48. The van der Waals surface area contributed by atoms with Gasteiger partial charge in [0.25, 0.3) is 5.56 Å². The van der Waals surface area contributed by atoms with Crippen molar-refractivity contribution in [3.63, 3.8) is 0 Å². The molecule has 0 aliphatic carbocycles. The van der Waals surface area contributed by atoms with Crippen molar-refractivity contribution < 1.29 is 5.11 Å². The Hall–Kier alpha value is -3.77. The maximum Gasteiger partial charge on any atom is 0.258 e. The number of likely N-dealkylation sites (tertiary alicyclic amines) is 1. The zero-order valence-electron chi connectivity index (χ0n) is 18.4. The van der Waals surface area contributed by atoms with Gasteiger partial charge < -0.3 is 5.11 Å². The van der Waals surface area contributed by atoms with Crippen molar-refractivity contribution >= 4 is 22.7 Å². The van der Waals surface area contributed by atoms with Crippen LogP contribution in [-0.2, 0) is 6.54 Å². The van der Waals surface area contributed by atoms with Gasteiger partial charge in [-0.2, -0.15) is 0 Å². The van der Waals surface area contributed by atoms with Crippen molar-refractivity contribution in [2.24, 2.45) is 4.99 Å². The van der Waals surface area contributed by atoms with E-state index in [2.05, 4.69) is 32.0 Å². The van der Waals surface area contributed by atoms with Crippen molar-refractivity contribution in [1.82, 2.24) is 14.9 Å². The molecule has 2 aromatic heterocycles. The molecule has 0 radical (unpaired) electrons. The van der Waals surface area contributed by atoms with Gasteiger partial charge in [0, 0.05) is 41.5 Å². The third-order valence-corrected chi connectivity index (χ3v) is 6.17. The van der Waals surface area contributed by atoms with Crippen LogP contribution >= 0.6 is 0 Å². The highest BCUT2D eigenvalue weighted by Gasteiger charge is 2.12. The molecule has 2 aromatic carbocycles. The van der Waals surface area contributed by atoms with E-state index < -0.39 is 0 Å². The van der Waals surface area contributed by atoms with Gasteiger partial charge in [-0.05, 0) is 67.4 Å². The minimum Gasteiger partial charge on any atom is -0.494 e. The summed E-state index contributed by atoms with van der Waals surface area (Å²) in [6.45, 7) is 3.30. The molecule has 166 valence electrons. The minimum absolute atomic E-state index is 0.193. The fourth-order valence-electron chi connectivity index (χ4n) is 4.38. The van der Waals surface area contributed by atoms with E-state index >= 15 is 0 Å². The molecule has 0 atom stereocenters. The van der Waals surface area contributed by atoms with Crippen LogP contribution in [0.4, 0.5) is 5.69 Å². The number of aromatic amines is 1. The van der Waals surface area contributed by atoms with Gasteiger partial charge in [-0.3, -0.25) is 24.7 Å². The van der Waals surface area contributed by atoms with Gasteiger partial charge in [0.05, 0.1) is 11.3 Å². The van der Waals surface area contributed by atoms with Gasteiger partial charge in [-0.1, -0.05) is 30.7 Å².